The number of Topliss-reactive ketones (excluding diaryl/α,β-unsaturated/α-hetero) is 1. The van der Waals surface area contributed by atoms with E-state index in [1.165, 1.54) is 5.57 Å². The highest BCUT2D eigenvalue weighted by Crippen LogP contribution is 2.07. The molecule has 0 fully saturated rings. The Hall–Kier alpha value is -1.11. The average Bonchev–Trinajstić information content (AvgIpc) is 2.14. The Morgan fingerprint density at radius 1 is 1.21 bits per heavy atom. The minimum absolute atomic E-state index is 0.139. The first-order valence-corrected chi connectivity index (χ1v) is 5.03. The van der Waals surface area contributed by atoms with Crippen molar-refractivity contribution in [1.82, 2.24) is 0 Å². The molecular weight excluding hydrogens is 172 g/mol. The molecule has 0 amide bonds. The highest BCUT2D eigenvalue weighted by atomic mass is 16.1. The summed E-state index contributed by atoms with van der Waals surface area (Å²) in [5.74, 6) is 0.139. The first kappa shape index (κ1) is 12.9. The maximum Gasteiger partial charge on any atom is 0.155 e. The lowest BCUT2D eigenvalue weighted by atomic mass is 10.1. The first-order chi connectivity index (χ1) is 6.57. The highest BCUT2D eigenvalue weighted by molar-refractivity contribution is 5.92. The van der Waals surface area contributed by atoms with Crippen molar-refractivity contribution in [2.75, 3.05) is 0 Å². The Balaban J connectivity index is 4.04. The molecule has 78 valence electrons. The molecule has 0 radical (unpaired) electrons. The summed E-state index contributed by atoms with van der Waals surface area (Å²) in [4.78, 5) is 10.9. The zero-order valence-corrected chi connectivity index (χ0v) is 9.47. The lowest BCUT2D eigenvalue weighted by molar-refractivity contribution is -0.113. The normalized spacial score (nSPS) is 12.8. The van der Waals surface area contributed by atoms with Crippen LogP contribution in [0.25, 0.3) is 0 Å². The molecule has 0 heterocycles. The number of hydrogen-bond donors (Lipinski definition) is 0. The van der Waals surface area contributed by atoms with Gasteiger partial charge in [-0.3, -0.25) is 4.79 Å². The topological polar surface area (TPSA) is 17.1 Å². The van der Waals surface area contributed by atoms with Crippen LogP contribution in [0.4, 0.5) is 0 Å². The van der Waals surface area contributed by atoms with Gasteiger partial charge in [-0.1, -0.05) is 23.8 Å². The van der Waals surface area contributed by atoms with Crippen LogP contribution in [0.5, 0.6) is 0 Å². The molecule has 0 aliphatic rings. The molecule has 0 aromatic carbocycles. The van der Waals surface area contributed by atoms with Gasteiger partial charge < -0.3 is 0 Å². The van der Waals surface area contributed by atoms with E-state index >= 15 is 0 Å². The van der Waals surface area contributed by atoms with E-state index in [1.54, 1.807) is 6.92 Å². The highest BCUT2D eigenvalue weighted by Gasteiger charge is 1.93. The summed E-state index contributed by atoms with van der Waals surface area (Å²) >= 11 is 0. The van der Waals surface area contributed by atoms with Crippen molar-refractivity contribution in [2.45, 2.75) is 40.0 Å². The van der Waals surface area contributed by atoms with Gasteiger partial charge in [0.2, 0.25) is 0 Å². The predicted molar refractivity (Wildman–Crippen MR) is 62.2 cm³/mol. The molecule has 0 aromatic rings. The molecular formula is C13H20O. The van der Waals surface area contributed by atoms with Gasteiger partial charge in [0.1, 0.15) is 0 Å². The van der Waals surface area contributed by atoms with Crippen LogP contribution < -0.4 is 0 Å². The number of allylic oxidation sites excluding steroid dienone is 5. The second kappa shape index (κ2) is 7.31. The average molecular weight is 192 g/mol. The van der Waals surface area contributed by atoms with Gasteiger partial charge >= 0.3 is 0 Å². The SMILES string of the molecule is C=CCCCC(C)=CC=C(C)C(C)=O. The summed E-state index contributed by atoms with van der Waals surface area (Å²) in [5.41, 5.74) is 2.13. The van der Waals surface area contributed by atoms with Crippen molar-refractivity contribution in [3.8, 4) is 0 Å². The molecule has 0 bridgehead atoms. The van der Waals surface area contributed by atoms with Crippen molar-refractivity contribution in [1.29, 1.82) is 0 Å². The maximum atomic E-state index is 10.9. The van der Waals surface area contributed by atoms with Crippen molar-refractivity contribution in [3.05, 3.63) is 36.0 Å². The van der Waals surface area contributed by atoms with Crippen LogP contribution in [-0.4, -0.2) is 5.78 Å². The largest absolute Gasteiger partial charge is 0.295 e. The number of unbranched alkanes of at least 4 members (excludes halogenated alkanes) is 1. The van der Waals surface area contributed by atoms with Crippen LogP contribution in [0.15, 0.2) is 36.0 Å². The van der Waals surface area contributed by atoms with Crippen molar-refractivity contribution >= 4 is 5.78 Å². The molecule has 0 aliphatic heterocycles. The van der Waals surface area contributed by atoms with E-state index in [0.29, 0.717) is 0 Å². The van der Waals surface area contributed by atoms with Crippen LogP contribution in [0, 0.1) is 0 Å². The molecule has 0 aliphatic carbocycles. The lowest BCUT2D eigenvalue weighted by Gasteiger charge is -1.97. The van der Waals surface area contributed by atoms with Gasteiger partial charge in [-0.05, 0) is 45.6 Å². The molecule has 1 heteroatoms. The van der Waals surface area contributed by atoms with Gasteiger partial charge in [0.05, 0.1) is 0 Å². The third-order valence-corrected chi connectivity index (χ3v) is 2.15. The second-order valence-electron chi connectivity index (χ2n) is 3.60. The summed E-state index contributed by atoms with van der Waals surface area (Å²) < 4.78 is 0. The van der Waals surface area contributed by atoms with E-state index in [1.807, 2.05) is 25.2 Å². The van der Waals surface area contributed by atoms with Crippen LogP contribution in [0.2, 0.25) is 0 Å². The van der Waals surface area contributed by atoms with E-state index in [-0.39, 0.29) is 5.78 Å². The molecule has 0 spiro atoms. The van der Waals surface area contributed by atoms with Gasteiger partial charge in [0.25, 0.3) is 0 Å². The monoisotopic (exact) mass is 192 g/mol. The molecule has 0 saturated heterocycles. The third kappa shape index (κ3) is 6.41. The van der Waals surface area contributed by atoms with Crippen LogP contribution in [0.1, 0.15) is 40.0 Å². The Morgan fingerprint density at radius 2 is 1.86 bits per heavy atom. The molecule has 0 saturated carbocycles. The Labute approximate surface area is 87.2 Å². The van der Waals surface area contributed by atoms with Crippen molar-refractivity contribution in [3.63, 3.8) is 0 Å². The number of ketones is 1. The number of hydrogen-bond acceptors (Lipinski definition) is 1. The van der Waals surface area contributed by atoms with Gasteiger partial charge in [0, 0.05) is 0 Å². The fraction of sp³-hybridized carbons (Fsp3) is 0.462. The number of carbonyl (C=O) groups excluding carboxylic acids is 1. The zero-order valence-electron chi connectivity index (χ0n) is 9.47. The second-order valence-corrected chi connectivity index (χ2v) is 3.60. The fourth-order valence-corrected chi connectivity index (χ4v) is 0.993. The molecule has 0 unspecified atom stereocenters. The minimum Gasteiger partial charge on any atom is -0.295 e. The van der Waals surface area contributed by atoms with Gasteiger partial charge in [-0.25, -0.2) is 0 Å². The lowest BCUT2D eigenvalue weighted by Crippen LogP contribution is -1.89. The molecule has 0 atom stereocenters. The zero-order chi connectivity index (χ0) is 11.0. The Morgan fingerprint density at radius 3 is 2.36 bits per heavy atom. The summed E-state index contributed by atoms with van der Waals surface area (Å²) in [6.45, 7) is 9.20. The van der Waals surface area contributed by atoms with Crippen LogP contribution in [-0.2, 0) is 4.79 Å². The van der Waals surface area contributed by atoms with Gasteiger partial charge in [0.15, 0.2) is 5.78 Å². The Kier molecular flexibility index (Phi) is 6.73. The summed E-state index contributed by atoms with van der Waals surface area (Å²) in [7, 11) is 0. The van der Waals surface area contributed by atoms with Crippen molar-refractivity contribution < 1.29 is 4.79 Å². The number of rotatable bonds is 6. The molecule has 0 rings (SSSR count). The summed E-state index contributed by atoms with van der Waals surface area (Å²) in [6, 6.07) is 0. The molecule has 1 nitrogen and oxygen atoms in total. The Bertz CT molecular complexity index is 256. The van der Waals surface area contributed by atoms with E-state index in [0.717, 1.165) is 24.8 Å². The van der Waals surface area contributed by atoms with E-state index < -0.39 is 0 Å². The maximum absolute atomic E-state index is 10.9. The molecule has 14 heavy (non-hydrogen) atoms. The number of carbonyl (C=O) groups is 1. The third-order valence-electron chi connectivity index (χ3n) is 2.15. The molecule has 0 N–H and O–H groups in total. The van der Waals surface area contributed by atoms with E-state index in [2.05, 4.69) is 13.5 Å². The first-order valence-electron chi connectivity index (χ1n) is 5.03. The standard InChI is InChI=1S/C13H20O/c1-5-6-7-8-11(2)9-10-12(3)13(4)14/h5,9-10H,1,6-8H2,2-4H3. The van der Waals surface area contributed by atoms with Gasteiger partial charge in [-0.15, -0.1) is 6.58 Å². The molecule has 0 aromatic heterocycles. The van der Waals surface area contributed by atoms with E-state index in [9.17, 15) is 4.79 Å². The predicted octanol–water partition coefficient (Wildman–Crippen LogP) is 3.82. The minimum atomic E-state index is 0.139. The smallest absolute Gasteiger partial charge is 0.155 e. The summed E-state index contributed by atoms with van der Waals surface area (Å²) in [6.07, 6.45) is 9.13. The van der Waals surface area contributed by atoms with Gasteiger partial charge in [-0.2, -0.15) is 0 Å². The van der Waals surface area contributed by atoms with Crippen LogP contribution >= 0.6 is 0 Å². The summed E-state index contributed by atoms with van der Waals surface area (Å²) in [5, 5.41) is 0. The van der Waals surface area contributed by atoms with Crippen LogP contribution in [0.3, 0.4) is 0 Å². The van der Waals surface area contributed by atoms with E-state index in [4.69, 9.17) is 0 Å². The van der Waals surface area contributed by atoms with Crippen molar-refractivity contribution in [2.24, 2.45) is 0 Å². The quantitative estimate of drug-likeness (QED) is 0.270. The fourth-order valence-electron chi connectivity index (χ4n) is 0.993.